The van der Waals surface area contributed by atoms with Crippen molar-refractivity contribution in [1.82, 2.24) is 19.7 Å². The summed E-state index contributed by atoms with van der Waals surface area (Å²) in [6.07, 6.45) is 3.50. The van der Waals surface area contributed by atoms with Crippen molar-refractivity contribution in [2.24, 2.45) is 0 Å². The Bertz CT molecular complexity index is 552. The zero-order chi connectivity index (χ0) is 11.7. The molecule has 16 heavy (non-hydrogen) atoms. The number of carboxylic acids is 1. The predicted octanol–water partition coefficient (Wildman–Crippen LogP) is 0.808. The molecule has 82 valence electrons. The molecule has 2 rings (SSSR count). The molecule has 0 bridgehead atoms. The van der Waals surface area contributed by atoms with Crippen LogP contribution in [0.25, 0.3) is 5.82 Å². The van der Waals surface area contributed by atoms with E-state index in [1.54, 1.807) is 0 Å². The van der Waals surface area contributed by atoms with E-state index in [1.165, 1.54) is 19.4 Å². The number of halogens is 1. The maximum Gasteiger partial charge on any atom is 0.338 e. The van der Waals surface area contributed by atoms with E-state index in [0.29, 0.717) is 0 Å². The molecule has 0 fully saturated rings. The fourth-order valence-electron chi connectivity index (χ4n) is 1.15. The summed E-state index contributed by atoms with van der Waals surface area (Å²) in [5.41, 5.74) is 0.146. The molecule has 0 atom stereocenters. The second-order valence-electron chi connectivity index (χ2n) is 3.08. The summed E-state index contributed by atoms with van der Waals surface area (Å²) < 4.78 is 14.6. The molecule has 6 nitrogen and oxygen atoms in total. The summed E-state index contributed by atoms with van der Waals surface area (Å²) in [6.45, 7) is 1.49. The van der Waals surface area contributed by atoms with E-state index in [2.05, 4.69) is 15.1 Å². The minimum Gasteiger partial charge on any atom is -0.478 e. The minimum atomic E-state index is -1.13. The van der Waals surface area contributed by atoms with E-state index < -0.39 is 11.8 Å². The number of carboxylic acid groups (broad SMARTS) is 1. The van der Waals surface area contributed by atoms with Gasteiger partial charge in [0.15, 0.2) is 11.6 Å². The number of nitrogens with zero attached hydrogens (tertiary/aromatic N) is 4. The van der Waals surface area contributed by atoms with E-state index in [4.69, 9.17) is 5.11 Å². The van der Waals surface area contributed by atoms with Crippen molar-refractivity contribution in [2.45, 2.75) is 6.92 Å². The first-order chi connectivity index (χ1) is 7.59. The quantitative estimate of drug-likeness (QED) is 0.813. The molecular formula is C9H7FN4O2. The molecule has 0 unspecified atom stereocenters. The average molecular weight is 222 g/mol. The lowest BCUT2D eigenvalue weighted by atomic mass is 10.4. The van der Waals surface area contributed by atoms with Gasteiger partial charge in [-0.15, -0.1) is 0 Å². The Morgan fingerprint density at radius 3 is 2.88 bits per heavy atom. The highest BCUT2D eigenvalue weighted by Gasteiger charge is 2.13. The maximum atomic E-state index is 13.6. The first-order valence-corrected chi connectivity index (χ1v) is 4.35. The number of hydrogen-bond donors (Lipinski definition) is 1. The largest absolute Gasteiger partial charge is 0.478 e. The molecule has 2 aromatic heterocycles. The molecule has 0 aromatic carbocycles. The number of aromatic carboxylic acids is 1. The van der Waals surface area contributed by atoms with Crippen molar-refractivity contribution in [3.05, 3.63) is 35.8 Å². The van der Waals surface area contributed by atoms with E-state index in [9.17, 15) is 9.18 Å². The van der Waals surface area contributed by atoms with Crippen molar-refractivity contribution < 1.29 is 14.3 Å². The first kappa shape index (κ1) is 10.2. The summed E-state index contributed by atoms with van der Waals surface area (Å²) >= 11 is 0. The Balaban J connectivity index is 2.50. The molecule has 7 heteroatoms. The first-order valence-electron chi connectivity index (χ1n) is 4.35. The van der Waals surface area contributed by atoms with E-state index in [1.807, 2.05) is 0 Å². The molecule has 2 heterocycles. The number of hydrogen-bond acceptors (Lipinski definition) is 4. The minimum absolute atomic E-state index is 0.0318. The lowest BCUT2D eigenvalue weighted by Crippen LogP contribution is -2.04. The summed E-state index contributed by atoms with van der Waals surface area (Å²) in [5, 5.41) is 12.4. The van der Waals surface area contributed by atoms with Gasteiger partial charge in [-0.25, -0.2) is 23.8 Å². The Labute approximate surface area is 89.4 Å². The Hall–Kier alpha value is -2.31. The molecule has 0 aliphatic carbocycles. The number of aryl methyl sites for hydroxylation is 1. The van der Waals surface area contributed by atoms with E-state index in [-0.39, 0.29) is 17.1 Å². The van der Waals surface area contributed by atoms with Crippen LogP contribution in [0.5, 0.6) is 0 Å². The normalized spacial score (nSPS) is 10.4. The third-order valence-electron chi connectivity index (χ3n) is 1.99. The number of rotatable bonds is 2. The SMILES string of the molecule is Cc1ncnc(-n2cc(C(=O)O)cn2)c1F. The van der Waals surface area contributed by atoms with Gasteiger partial charge >= 0.3 is 5.97 Å². The summed E-state index contributed by atoms with van der Waals surface area (Å²) in [5.74, 6) is -1.82. The lowest BCUT2D eigenvalue weighted by molar-refractivity contribution is 0.0697. The third kappa shape index (κ3) is 1.62. The molecular weight excluding hydrogens is 215 g/mol. The zero-order valence-electron chi connectivity index (χ0n) is 8.25. The van der Waals surface area contributed by atoms with Gasteiger partial charge in [0.05, 0.1) is 17.5 Å². The second kappa shape index (κ2) is 3.69. The van der Waals surface area contributed by atoms with E-state index >= 15 is 0 Å². The fourth-order valence-corrected chi connectivity index (χ4v) is 1.15. The number of aromatic nitrogens is 4. The third-order valence-corrected chi connectivity index (χ3v) is 1.99. The van der Waals surface area contributed by atoms with Gasteiger partial charge in [-0.1, -0.05) is 0 Å². The molecule has 0 saturated heterocycles. The van der Waals surface area contributed by atoms with Gasteiger partial charge in [0, 0.05) is 6.20 Å². The van der Waals surface area contributed by atoms with Crippen LogP contribution in [0.1, 0.15) is 16.1 Å². The highest BCUT2D eigenvalue weighted by molar-refractivity contribution is 5.86. The van der Waals surface area contributed by atoms with Crippen molar-refractivity contribution in [2.75, 3.05) is 0 Å². The Morgan fingerprint density at radius 2 is 2.25 bits per heavy atom. The standard InChI is InChI=1S/C9H7FN4O2/c1-5-7(10)8(12-4-11-5)14-3-6(2-13-14)9(15)16/h2-4H,1H3,(H,15,16). The lowest BCUT2D eigenvalue weighted by Gasteiger charge is -2.02. The molecule has 0 radical (unpaired) electrons. The molecule has 1 N–H and O–H groups in total. The average Bonchev–Trinajstić information content (AvgIpc) is 2.71. The molecule has 2 aromatic rings. The van der Waals surface area contributed by atoms with Crippen molar-refractivity contribution in [3.63, 3.8) is 0 Å². The summed E-state index contributed by atoms with van der Waals surface area (Å²) in [6, 6.07) is 0. The van der Waals surface area contributed by atoms with Crippen LogP contribution >= 0.6 is 0 Å². The van der Waals surface area contributed by atoms with Crippen molar-refractivity contribution in [1.29, 1.82) is 0 Å². The van der Waals surface area contributed by atoms with Crippen LogP contribution in [-0.2, 0) is 0 Å². The topological polar surface area (TPSA) is 80.9 Å². The highest BCUT2D eigenvalue weighted by Crippen LogP contribution is 2.11. The van der Waals surface area contributed by atoms with Gasteiger partial charge in [0.1, 0.15) is 6.33 Å². The van der Waals surface area contributed by atoms with Crippen LogP contribution in [-0.4, -0.2) is 30.8 Å². The van der Waals surface area contributed by atoms with Crippen LogP contribution in [0, 0.1) is 12.7 Å². The molecule has 0 spiro atoms. The van der Waals surface area contributed by atoms with Crippen molar-refractivity contribution >= 4 is 5.97 Å². The maximum absolute atomic E-state index is 13.6. The Kier molecular flexibility index (Phi) is 2.35. The monoisotopic (exact) mass is 222 g/mol. The Morgan fingerprint density at radius 1 is 1.50 bits per heavy atom. The molecule has 0 amide bonds. The van der Waals surface area contributed by atoms with Gasteiger partial charge in [0.25, 0.3) is 0 Å². The number of carbonyl (C=O) groups is 1. The van der Waals surface area contributed by atoms with Gasteiger partial charge < -0.3 is 5.11 Å². The van der Waals surface area contributed by atoms with Crippen LogP contribution in [0.3, 0.4) is 0 Å². The van der Waals surface area contributed by atoms with Gasteiger partial charge in [-0.2, -0.15) is 5.10 Å². The molecule has 0 aliphatic rings. The zero-order valence-corrected chi connectivity index (χ0v) is 8.25. The van der Waals surface area contributed by atoms with Crippen LogP contribution in [0.2, 0.25) is 0 Å². The highest BCUT2D eigenvalue weighted by atomic mass is 19.1. The molecule has 0 aliphatic heterocycles. The van der Waals surface area contributed by atoms with Gasteiger partial charge in [0.2, 0.25) is 0 Å². The predicted molar refractivity (Wildman–Crippen MR) is 50.8 cm³/mol. The summed E-state index contributed by atoms with van der Waals surface area (Å²) in [4.78, 5) is 18.0. The smallest absolute Gasteiger partial charge is 0.338 e. The second-order valence-corrected chi connectivity index (χ2v) is 3.08. The van der Waals surface area contributed by atoms with Crippen LogP contribution < -0.4 is 0 Å². The van der Waals surface area contributed by atoms with Gasteiger partial charge in [-0.3, -0.25) is 0 Å². The van der Waals surface area contributed by atoms with Crippen LogP contribution in [0.15, 0.2) is 18.7 Å². The fraction of sp³-hybridized carbons (Fsp3) is 0.111. The van der Waals surface area contributed by atoms with Gasteiger partial charge in [-0.05, 0) is 6.92 Å². The van der Waals surface area contributed by atoms with Crippen LogP contribution in [0.4, 0.5) is 4.39 Å². The van der Waals surface area contributed by atoms with E-state index in [0.717, 1.165) is 10.9 Å². The van der Waals surface area contributed by atoms with Crippen molar-refractivity contribution in [3.8, 4) is 5.82 Å². The molecule has 0 saturated carbocycles. The summed E-state index contributed by atoms with van der Waals surface area (Å²) in [7, 11) is 0.